The fourth-order valence-corrected chi connectivity index (χ4v) is 4.63. The number of sulfonamides is 1. The summed E-state index contributed by atoms with van der Waals surface area (Å²) >= 11 is 1.52. The molecule has 2 rings (SSSR count). The molecule has 1 atom stereocenters. The Morgan fingerprint density at radius 3 is 2.62 bits per heavy atom. The van der Waals surface area contributed by atoms with Crippen molar-refractivity contribution in [3.05, 3.63) is 30.1 Å². The molecule has 1 aromatic rings. The highest BCUT2D eigenvalue weighted by atomic mass is 32.2. The summed E-state index contributed by atoms with van der Waals surface area (Å²) in [6.45, 7) is 1.78. The highest BCUT2D eigenvalue weighted by Gasteiger charge is 2.29. The summed E-state index contributed by atoms with van der Waals surface area (Å²) in [6.07, 6.45) is 3.89. The molecule has 1 aromatic carbocycles. The van der Waals surface area contributed by atoms with Gasteiger partial charge in [0.05, 0.1) is 0 Å². The van der Waals surface area contributed by atoms with Crippen LogP contribution in [0.1, 0.15) is 19.3 Å². The zero-order chi connectivity index (χ0) is 19.2. The smallest absolute Gasteiger partial charge is 0.244 e. The van der Waals surface area contributed by atoms with Gasteiger partial charge in [-0.15, -0.1) is 0 Å². The molecule has 1 aliphatic heterocycles. The van der Waals surface area contributed by atoms with Crippen LogP contribution in [0.4, 0.5) is 4.39 Å². The fraction of sp³-hybridized carbons (Fsp3) is 0.588. The lowest BCUT2D eigenvalue weighted by Crippen LogP contribution is -2.52. The van der Waals surface area contributed by atoms with Crippen molar-refractivity contribution in [2.24, 2.45) is 0 Å². The second-order valence-corrected chi connectivity index (χ2v) is 9.14. The highest BCUT2D eigenvalue weighted by Crippen LogP contribution is 2.15. The zero-order valence-corrected chi connectivity index (χ0v) is 16.7. The Morgan fingerprint density at radius 1 is 1.35 bits per heavy atom. The largest absolute Gasteiger partial charge is 0.352 e. The van der Waals surface area contributed by atoms with Crippen LogP contribution in [0.25, 0.3) is 0 Å². The average molecular weight is 404 g/mol. The van der Waals surface area contributed by atoms with Crippen LogP contribution in [0.15, 0.2) is 29.2 Å². The first-order valence-electron chi connectivity index (χ1n) is 8.58. The van der Waals surface area contributed by atoms with Crippen molar-refractivity contribution in [2.75, 3.05) is 32.1 Å². The number of nitrogens with zero attached hydrogens (tertiary/aromatic N) is 1. The average Bonchev–Trinajstić information content (AvgIpc) is 2.60. The van der Waals surface area contributed by atoms with Crippen molar-refractivity contribution < 1.29 is 17.6 Å². The molecule has 1 aliphatic rings. The third-order valence-electron chi connectivity index (χ3n) is 4.42. The Hall–Kier alpha value is -1.16. The molecular formula is C17H26FN3O3S2. The summed E-state index contributed by atoms with van der Waals surface area (Å²) in [5, 5.41) is 2.94. The van der Waals surface area contributed by atoms with E-state index in [-0.39, 0.29) is 11.9 Å². The van der Waals surface area contributed by atoms with E-state index in [2.05, 4.69) is 14.9 Å². The lowest BCUT2D eigenvalue weighted by atomic mass is 10.0. The summed E-state index contributed by atoms with van der Waals surface area (Å²) in [7, 11) is -2.09. The number of likely N-dealkylation sites (tertiary alicyclic amines) is 1. The van der Waals surface area contributed by atoms with Gasteiger partial charge in [-0.2, -0.15) is 16.5 Å². The van der Waals surface area contributed by atoms with Crippen LogP contribution in [-0.4, -0.2) is 63.5 Å². The van der Waals surface area contributed by atoms with Crippen LogP contribution in [0.2, 0.25) is 0 Å². The van der Waals surface area contributed by atoms with Gasteiger partial charge in [-0.3, -0.25) is 4.79 Å². The summed E-state index contributed by atoms with van der Waals surface area (Å²) in [6, 6.07) is 4.27. The molecule has 9 heteroatoms. The summed E-state index contributed by atoms with van der Waals surface area (Å²) in [4.78, 5) is 14.4. The van der Waals surface area contributed by atoms with E-state index >= 15 is 0 Å². The van der Waals surface area contributed by atoms with Gasteiger partial charge >= 0.3 is 0 Å². The highest BCUT2D eigenvalue weighted by molar-refractivity contribution is 7.98. The van der Waals surface area contributed by atoms with Gasteiger partial charge in [0.25, 0.3) is 0 Å². The Balaban J connectivity index is 2.08. The minimum atomic E-state index is -4.12. The molecule has 1 heterocycles. The molecule has 0 bridgehead atoms. The number of hydrogen-bond acceptors (Lipinski definition) is 5. The first kappa shape index (κ1) is 21.1. The molecule has 1 unspecified atom stereocenters. The second-order valence-electron chi connectivity index (χ2n) is 6.47. The van der Waals surface area contributed by atoms with Gasteiger partial charge in [0.2, 0.25) is 15.9 Å². The standard InChI is InChI=1S/C17H26FN3O3S2/c1-21-10-7-13(8-11-21)19-17(22)15(9-12-25-2)20-26(23,24)16-6-4-3-5-14(16)18/h3-6,13,15,20H,7-12H2,1-2H3,(H,19,22). The normalized spacial score (nSPS) is 17.8. The molecule has 1 fully saturated rings. The lowest BCUT2D eigenvalue weighted by molar-refractivity contribution is -0.123. The number of thioether (sulfide) groups is 1. The SMILES string of the molecule is CSCCC(NS(=O)(=O)c1ccccc1F)C(=O)NC1CCN(C)CC1. The summed E-state index contributed by atoms with van der Waals surface area (Å²) in [5.74, 6) is -0.571. The maximum atomic E-state index is 13.9. The van der Waals surface area contributed by atoms with Gasteiger partial charge < -0.3 is 10.2 Å². The van der Waals surface area contributed by atoms with Crippen molar-refractivity contribution in [3.8, 4) is 0 Å². The van der Waals surface area contributed by atoms with Crippen LogP contribution in [-0.2, 0) is 14.8 Å². The van der Waals surface area contributed by atoms with E-state index in [4.69, 9.17) is 0 Å². The number of amides is 1. The molecule has 0 radical (unpaired) electrons. The molecule has 146 valence electrons. The van der Waals surface area contributed by atoms with Crippen molar-refractivity contribution >= 4 is 27.7 Å². The minimum Gasteiger partial charge on any atom is -0.352 e. The van der Waals surface area contributed by atoms with Crippen molar-refractivity contribution in [1.29, 1.82) is 0 Å². The first-order chi connectivity index (χ1) is 12.3. The molecule has 0 spiro atoms. The third-order valence-corrected chi connectivity index (χ3v) is 6.56. The molecule has 0 aliphatic carbocycles. The van der Waals surface area contributed by atoms with Crippen molar-refractivity contribution in [2.45, 2.75) is 36.2 Å². The number of nitrogens with one attached hydrogen (secondary N) is 2. The van der Waals surface area contributed by atoms with Gasteiger partial charge in [0.15, 0.2) is 0 Å². The maximum absolute atomic E-state index is 13.9. The Morgan fingerprint density at radius 2 is 2.00 bits per heavy atom. The van der Waals surface area contributed by atoms with E-state index in [9.17, 15) is 17.6 Å². The third kappa shape index (κ3) is 5.94. The van der Waals surface area contributed by atoms with Crippen molar-refractivity contribution in [3.63, 3.8) is 0 Å². The number of piperidine rings is 1. The predicted molar refractivity (Wildman–Crippen MR) is 102 cm³/mol. The lowest BCUT2D eigenvalue weighted by Gasteiger charge is -2.30. The quantitative estimate of drug-likeness (QED) is 0.687. The minimum absolute atomic E-state index is 0.0356. The van der Waals surface area contributed by atoms with Crippen LogP contribution in [0.3, 0.4) is 0 Å². The summed E-state index contributed by atoms with van der Waals surface area (Å²) in [5.41, 5.74) is 0. The topological polar surface area (TPSA) is 78.5 Å². The van der Waals surface area contributed by atoms with E-state index < -0.39 is 26.8 Å². The van der Waals surface area contributed by atoms with E-state index in [1.807, 2.05) is 13.3 Å². The Kier molecular flexibility index (Phi) is 7.87. The Bertz CT molecular complexity index is 707. The van der Waals surface area contributed by atoms with E-state index in [0.717, 1.165) is 32.0 Å². The van der Waals surface area contributed by atoms with E-state index in [0.29, 0.717) is 12.2 Å². The van der Waals surface area contributed by atoms with Gasteiger partial charge in [-0.25, -0.2) is 12.8 Å². The zero-order valence-electron chi connectivity index (χ0n) is 15.1. The molecule has 1 amide bonds. The van der Waals surface area contributed by atoms with Crippen LogP contribution >= 0.6 is 11.8 Å². The van der Waals surface area contributed by atoms with Crippen LogP contribution < -0.4 is 10.0 Å². The maximum Gasteiger partial charge on any atom is 0.244 e. The van der Waals surface area contributed by atoms with E-state index in [1.165, 1.54) is 30.0 Å². The van der Waals surface area contributed by atoms with Gasteiger partial charge in [-0.05, 0) is 63.5 Å². The molecule has 0 aromatic heterocycles. The summed E-state index contributed by atoms with van der Waals surface area (Å²) < 4.78 is 41.3. The Labute approximate surface area is 159 Å². The molecule has 2 N–H and O–H groups in total. The molecule has 6 nitrogen and oxygen atoms in total. The number of benzene rings is 1. The van der Waals surface area contributed by atoms with Crippen molar-refractivity contribution in [1.82, 2.24) is 14.9 Å². The molecular weight excluding hydrogens is 377 g/mol. The monoisotopic (exact) mass is 403 g/mol. The van der Waals surface area contributed by atoms with Gasteiger partial charge in [-0.1, -0.05) is 12.1 Å². The van der Waals surface area contributed by atoms with Crippen LogP contribution in [0, 0.1) is 5.82 Å². The fourth-order valence-electron chi connectivity index (χ4n) is 2.85. The molecule has 0 saturated carbocycles. The van der Waals surface area contributed by atoms with Gasteiger partial charge in [0.1, 0.15) is 16.8 Å². The van der Waals surface area contributed by atoms with E-state index in [1.54, 1.807) is 0 Å². The van der Waals surface area contributed by atoms with Gasteiger partial charge in [0, 0.05) is 6.04 Å². The molecule has 26 heavy (non-hydrogen) atoms. The number of carbonyl (C=O) groups excluding carboxylic acids is 1. The molecule has 1 saturated heterocycles. The number of halogens is 1. The number of carbonyl (C=O) groups is 1. The number of hydrogen-bond donors (Lipinski definition) is 2. The predicted octanol–water partition coefficient (Wildman–Crippen LogP) is 1.44. The van der Waals surface area contributed by atoms with Crippen LogP contribution in [0.5, 0.6) is 0 Å². The second kappa shape index (κ2) is 9.68. The first-order valence-corrected chi connectivity index (χ1v) is 11.5. The number of rotatable bonds is 8.